The van der Waals surface area contributed by atoms with E-state index in [4.69, 9.17) is 28.4 Å². The van der Waals surface area contributed by atoms with Crippen LogP contribution in [0.25, 0.3) is 11.1 Å². The number of hydrogen-bond acceptors (Lipinski definition) is 8. The zero-order valence-electron chi connectivity index (χ0n) is 21.8. The zero-order valence-corrected chi connectivity index (χ0v) is 21.8. The molecule has 2 aromatic rings. The molecule has 1 aliphatic heterocycles. The third kappa shape index (κ3) is 10.6. The fourth-order valence-corrected chi connectivity index (χ4v) is 3.88. The smallest absolute Gasteiger partial charge is 0.330 e. The molecule has 1 heterocycles. The number of carbonyl (C=O) groups excluding carboxylic acids is 2. The van der Waals surface area contributed by atoms with Crippen molar-refractivity contribution >= 4 is 11.9 Å². The first-order valence-corrected chi connectivity index (χ1v) is 12.9. The minimum Gasteiger partial charge on any atom is -0.490 e. The van der Waals surface area contributed by atoms with E-state index in [9.17, 15) is 18.4 Å². The maximum atomic E-state index is 14.4. The molecule has 3 rings (SSSR count). The van der Waals surface area contributed by atoms with Gasteiger partial charge >= 0.3 is 11.9 Å². The second kappa shape index (κ2) is 16.5. The highest BCUT2D eigenvalue weighted by molar-refractivity contribution is 5.81. The number of carbonyl (C=O) groups is 2. The first-order valence-electron chi connectivity index (χ1n) is 12.9. The van der Waals surface area contributed by atoms with Crippen molar-refractivity contribution in [3.8, 4) is 22.6 Å². The van der Waals surface area contributed by atoms with Gasteiger partial charge in [-0.15, -0.1) is 0 Å². The zero-order chi connectivity index (χ0) is 27.9. The van der Waals surface area contributed by atoms with E-state index in [0.717, 1.165) is 50.7 Å². The quantitative estimate of drug-likeness (QED) is 0.167. The second-order valence-electron chi connectivity index (χ2n) is 8.79. The predicted octanol–water partition coefficient (Wildman–Crippen LogP) is 4.89. The van der Waals surface area contributed by atoms with E-state index in [1.165, 1.54) is 0 Å². The highest BCUT2D eigenvalue weighted by Gasteiger charge is 2.15. The molecule has 212 valence electrons. The molecule has 0 radical (unpaired) electrons. The van der Waals surface area contributed by atoms with E-state index >= 15 is 0 Å². The lowest BCUT2D eigenvalue weighted by atomic mass is 9.97. The molecule has 39 heavy (non-hydrogen) atoms. The average molecular weight is 549 g/mol. The fourth-order valence-electron chi connectivity index (χ4n) is 3.88. The molecule has 0 saturated carbocycles. The van der Waals surface area contributed by atoms with Gasteiger partial charge in [-0.3, -0.25) is 4.79 Å². The minimum atomic E-state index is -0.882. The van der Waals surface area contributed by atoms with Gasteiger partial charge in [-0.05, 0) is 60.6 Å². The van der Waals surface area contributed by atoms with Crippen LogP contribution in [0.1, 0.15) is 25.7 Å². The molecule has 2 aromatic carbocycles. The Labute approximate surface area is 226 Å². The number of hydrogen-bond donors (Lipinski definition) is 0. The van der Waals surface area contributed by atoms with Crippen LogP contribution in [-0.2, 0) is 28.5 Å². The number of halogens is 2. The Morgan fingerprint density at radius 3 is 2.23 bits per heavy atom. The standard InChI is InChI=1S/C29H34F2O8/c1-2-27(32)37-17-18-39-29-25(30)19-23(20-26(29)31)22-3-5-24(6-4-22)36-15-16-38-28(33)10-14-35-13-9-21-7-11-34-12-8-21/h2-6,19-21H,1,7-18H2. The summed E-state index contributed by atoms with van der Waals surface area (Å²) in [5.74, 6) is -2.17. The van der Waals surface area contributed by atoms with Crippen molar-refractivity contribution in [3.63, 3.8) is 0 Å². The molecule has 1 aliphatic rings. The van der Waals surface area contributed by atoms with Crippen molar-refractivity contribution in [2.24, 2.45) is 5.92 Å². The first kappa shape index (κ1) is 30.0. The number of benzene rings is 2. The number of ether oxygens (including phenoxy) is 6. The highest BCUT2D eigenvalue weighted by atomic mass is 19.1. The van der Waals surface area contributed by atoms with Crippen molar-refractivity contribution < 1.29 is 46.8 Å². The van der Waals surface area contributed by atoms with Gasteiger partial charge in [-0.2, -0.15) is 0 Å². The SMILES string of the molecule is C=CC(=O)OCCOc1c(F)cc(-c2ccc(OCCOC(=O)CCOCCC3CCOCC3)cc2)cc1F. The summed E-state index contributed by atoms with van der Waals surface area (Å²) in [6.45, 7) is 5.70. The summed E-state index contributed by atoms with van der Waals surface area (Å²) in [7, 11) is 0. The van der Waals surface area contributed by atoms with Crippen LogP contribution in [0.15, 0.2) is 49.1 Å². The normalized spacial score (nSPS) is 13.5. The molecule has 0 N–H and O–H groups in total. The molecule has 1 fully saturated rings. The Morgan fingerprint density at radius 1 is 0.872 bits per heavy atom. The van der Waals surface area contributed by atoms with Gasteiger partial charge < -0.3 is 28.4 Å². The largest absolute Gasteiger partial charge is 0.490 e. The summed E-state index contributed by atoms with van der Waals surface area (Å²) in [5, 5.41) is 0. The van der Waals surface area contributed by atoms with Crippen LogP contribution in [0.3, 0.4) is 0 Å². The summed E-state index contributed by atoms with van der Waals surface area (Å²) in [5.41, 5.74) is 0.876. The molecule has 10 heteroatoms. The van der Waals surface area contributed by atoms with E-state index in [-0.39, 0.29) is 38.8 Å². The lowest BCUT2D eigenvalue weighted by molar-refractivity contribution is -0.145. The molecule has 8 nitrogen and oxygen atoms in total. The average Bonchev–Trinajstić information content (AvgIpc) is 2.95. The summed E-state index contributed by atoms with van der Waals surface area (Å²) < 4.78 is 60.2. The maximum Gasteiger partial charge on any atom is 0.330 e. The van der Waals surface area contributed by atoms with Crippen LogP contribution in [-0.4, -0.2) is 64.8 Å². The fraction of sp³-hybridized carbons (Fsp3) is 0.448. The Kier molecular flexibility index (Phi) is 12.7. The lowest BCUT2D eigenvalue weighted by Crippen LogP contribution is -2.18. The van der Waals surface area contributed by atoms with Crippen LogP contribution in [0.5, 0.6) is 11.5 Å². The summed E-state index contributed by atoms with van der Waals surface area (Å²) in [6.07, 6.45) is 4.27. The van der Waals surface area contributed by atoms with Gasteiger partial charge in [0.15, 0.2) is 17.4 Å². The molecule has 0 bridgehead atoms. The van der Waals surface area contributed by atoms with Gasteiger partial charge in [0, 0.05) is 25.9 Å². The van der Waals surface area contributed by atoms with Gasteiger partial charge in [-0.1, -0.05) is 18.7 Å². The molecule has 0 spiro atoms. The number of rotatable bonds is 16. The van der Waals surface area contributed by atoms with Crippen molar-refractivity contribution in [2.45, 2.75) is 25.7 Å². The molecule has 0 aliphatic carbocycles. The van der Waals surface area contributed by atoms with E-state index in [1.807, 2.05) is 0 Å². The van der Waals surface area contributed by atoms with Crippen molar-refractivity contribution in [2.75, 3.05) is 52.9 Å². The van der Waals surface area contributed by atoms with Crippen molar-refractivity contribution in [1.82, 2.24) is 0 Å². The molecule has 0 unspecified atom stereocenters. The summed E-state index contributed by atoms with van der Waals surface area (Å²) in [6, 6.07) is 8.91. The molecular weight excluding hydrogens is 514 g/mol. The van der Waals surface area contributed by atoms with Crippen molar-refractivity contribution in [3.05, 3.63) is 60.7 Å². The highest BCUT2D eigenvalue weighted by Crippen LogP contribution is 2.30. The Bertz CT molecular complexity index is 1040. The monoisotopic (exact) mass is 548 g/mol. The Morgan fingerprint density at radius 2 is 1.54 bits per heavy atom. The van der Waals surface area contributed by atoms with Crippen LogP contribution in [0, 0.1) is 17.6 Å². The van der Waals surface area contributed by atoms with E-state index in [1.54, 1.807) is 24.3 Å². The molecule has 0 atom stereocenters. The van der Waals surface area contributed by atoms with Crippen LogP contribution < -0.4 is 9.47 Å². The maximum absolute atomic E-state index is 14.4. The molecule has 1 saturated heterocycles. The van der Waals surface area contributed by atoms with E-state index in [2.05, 4.69) is 6.58 Å². The van der Waals surface area contributed by atoms with Crippen LogP contribution in [0.2, 0.25) is 0 Å². The van der Waals surface area contributed by atoms with Crippen LogP contribution in [0.4, 0.5) is 8.78 Å². The number of esters is 2. The van der Waals surface area contributed by atoms with Gasteiger partial charge in [0.1, 0.15) is 32.2 Å². The summed E-state index contributed by atoms with van der Waals surface area (Å²) >= 11 is 0. The van der Waals surface area contributed by atoms with Crippen LogP contribution >= 0.6 is 0 Å². The third-order valence-corrected chi connectivity index (χ3v) is 6.00. The second-order valence-corrected chi connectivity index (χ2v) is 8.79. The topological polar surface area (TPSA) is 89.5 Å². The predicted molar refractivity (Wildman–Crippen MR) is 138 cm³/mol. The van der Waals surface area contributed by atoms with E-state index < -0.39 is 23.4 Å². The Balaban J connectivity index is 1.33. The van der Waals surface area contributed by atoms with Gasteiger partial charge in [0.25, 0.3) is 0 Å². The molecular formula is C29H34F2O8. The molecule has 0 amide bonds. The van der Waals surface area contributed by atoms with Crippen molar-refractivity contribution in [1.29, 1.82) is 0 Å². The van der Waals surface area contributed by atoms with Gasteiger partial charge in [0.05, 0.1) is 13.0 Å². The lowest BCUT2D eigenvalue weighted by Gasteiger charge is -2.21. The first-order chi connectivity index (χ1) is 19.0. The van der Waals surface area contributed by atoms with E-state index in [0.29, 0.717) is 36.0 Å². The Hall–Kier alpha value is -3.50. The summed E-state index contributed by atoms with van der Waals surface area (Å²) in [4.78, 5) is 22.8. The molecule has 0 aromatic heterocycles. The van der Waals surface area contributed by atoms with Gasteiger partial charge in [0.2, 0.25) is 0 Å². The van der Waals surface area contributed by atoms with Gasteiger partial charge in [-0.25, -0.2) is 13.6 Å². The third-order valence-electron chi connectivity index (χ3n) is 6.00. The minimum absolute atomic E-state index is 0.0906.